The summed E-state index contributed by atoms with van der Waals surface area (Å²) < 4.78 is 23.4. The fourth-order valence-electron chi connectivity index (χ4n) is 3.27. The largest absolute Gasteiger partial charge is 0.493 e. The highest BCUT2D eigenvalue weighted by atomic mass is 16.5. The zero-order chi connectivity index (χ0) is 20.4. The van der Waals surface area contributed by atoms with Crippen molar-refractivity contribution in [3.63, 3.8) is 0 Å². The first-order chi connectivity index (χ1) is 14.2. The number of hydrogen-bond acceptors (Lipinski definition) is 6. The van der Waals surface area contributed by atoms with Crippen molar-refractivity contribution in [1.29, 1.82) is 0 Å². The molecule has 0 bridgehead atoms. The lowest BCUT2D eigenvalue weighted by atomic mass is 10.1. The molecule has 4 aromatic rings. The number of ether oxygens (including phenoxy) is 4. The lowest BCUT2D eigenvalue weighted by Gasteiger charge is -2.14. The van der Waals surface area contributed by atoms with Gasteiger partial charge in [0.1, 0.15) is 0 Å². The summed E-state index contributed by atoms with van der Waals surface area (Å²) in [5, 5.41) is 5.58. The number of pyridine rings is 1. The van der Waals surface area contributed by atoms with E-state index in [1.807, 2.05) is 47.3 Å². The van der Waals surface area contributed by atoms with Gasteiger partial charge >= 0.3 is 0 Å². The second-order valence-electron chi connectivity index (χ2n) is 6.30. The van der Waals surface area contributed by atoms with Gasteiger partial charge in [-0.15, -0.1) is 0 Å². The lowest BCUT2D eigenvalue weighted by molar-refractivity contribution is 0.324. The van der Waals surface area contributed by atoms with E-state index < -0.39 is 0 Å². The number of fused-ring (bicyclic) bond motifs is 1. The number of methoxy groups -OCH3 is 4. The molecule has 0 aliphatic heterocycles. The summed E-state index contributed by atoms with van der Waals surface area (Å²) in [6.07, 6.45) is 3.62. The van der Waals surface area contributed by atoms with Crippen molar-refractivity contribution < 1.29 is 18.9 Å². The smallest absolute Gasteiger partial charge is 0.212 e. The van der Waals surface area contributed by atoms with Gasteiger partial charge in [-0.2, -0.15) is 5.10 Å². The molecule has 0 fully saturated rings. The second kappa shape index (κ2) is 7.71. The van der Waals surface area contributed by atoms with Crippen molar-refractivity contribution in [2.24, 2.45) is 0 Å². The fraction of sp³-hybridized carbons (Fsp3) is 0.182. The molecular formula is C22H21N3O4. The Hall–Kier alpha value is -3.74. The monoisotopic (exact) mass is 391 g/mol. The number of nitrogens with zero attached hydrogens (tertiary/aromatic N) is 3. The SMILES string of the molecule is COc1ccc(-c2ccc3cnn(-c4cc(OC)c(OC)c(OC)c4)c3c2)cn1. The zero-order valence-corrected chi connectivity index (χ0v) is 16.7. The molecule has 0 saturated heterocycles. The Balaban J connectivity index is 1.84. The van der Waals surface area contributed by atoms with E-state index >= 15 is 0 Å². The van der Waals surface area contributed by atoms with Crippen LogP contribution in [-0.4, -0.2) is 43.2 Å². The van der Waals surface area contributed by atoms with Gasteiger partial charge in [0, 0.05) is 35.3 Å². The van der Waals surface area contributed by atoms with Crippen LogP contribution in [0.1, 0.15) is 0 Å². The molecule has 0 aliphatic rings. The van der Waals surface area contributed by atoms with Gasteiger partial charge in [0.25, 0.3) is 0 Å². The van der Waals surface area contributed by atoms with E-state index in [2.05, 4.69) is 16.1 Å². The Morgan fingerprint density at radius 1 is 0.724 bits per heavy atom. The van der Waals surface area contributed by atoms with Gasteiger partial charge < -0.3 is 18.9 Å². The molecule has 0 atom stereocenters. The van der Waals surface area contributed by atoms with Crippen LogP contribution in [0.25, 0.3) is 27.7 Å². The summed E-state index contributed by atoms with van der Waals surface area (Å²) in [4.78, 5) is 4.29. The Morgan fingerprint density at radius 3 is 2.03 bits per heavy atom. The molecule has 0 aliphatic carbocycles. The van der Waals surface area contributed by atoms with Crippen LogP contribution in [0.15, 0.2) is 54.9 Å². The molecule has 2 aromatic carbocycles. The summed E-state index contributed by atoms with van der Waals surface area (Å²) in [6, 6.07) is 13.7. The lowest BCUT2D eigenvalue weighted by Crippen LogP contribution is -2.01. The molecule has 2 aromatic heterocycles. The quantitative estimate of drug-likeness (QED) is 0.492. The molecule has 7 heteroatoms. The maximum absolute atomic E-state index is 5.48. The van der Waals surface area contributed by atoms with E-state index in [0.29, 0.717) is 23.1 Å². The highest BCUT2D eigenvalue weighted by molar-refractivity contribution is 5.85. The minimum absolute atomic E-state index is 0.542. The normalized spacial score (nSPS) is 10.8. The number of rotatable bonds is 6. The van der Waals surface area contributed by atoms with Gasteiger partial charge in [0.15, 0.2) is 11.5 Å². The third-order valence-electron chi connectivity index (χ3n) is 4.74. The predicted octanol–water partition coefficient (Wildman–Crippen LogP) is 4.12. The van der Waals surface area contributed by atoms with Crippen molar-refractivity contribution in [3.8, 4) is 39.9 Å². The van der Waals surface area contributed by atoms with Gasteiger partial charge in [-0.1, -0.05) is 12.1 Å². The van der Waals surface area contributed by atoms with E-state index in [-0.39, 0.29) is 0 Å². The predicted molar refractivity (Wildman–Crippen MR) is 111 cm³/mol. The van der Waals surface area contributed by atoms with Crippen LogP contribution in [0.4, 0.5) is 0 Å². The topological polar surface area (TPSA) is 67.6 Å². The van der Waals surface area contributed by atoms with Crippen LogP contribution < -0.4 is 18.9 Å². The van der Waals surface area contributed by atoms with Gasteiger partial charge in [-0.3, -0.25) is 0 Å². The summed E-state index contributed by atoms with van der Waals surface area (Å²) in [5.41, 5.74) is 3.78. The molecule has 2 heterocycles. The van der Waals surface area contributed by atoms with Crippen LogP contribution in [0.5, 0.6) is 23.1 Å². The molecule has 0 spiro atoms. The third-order valence-corrected chi connectivity index (χ3v) is 4.74. The molecule has 29 heavy (non-hydrogen) atoms. The molecule has 0 amide bonds. The van der Waals surface area contributed by atoms with E-state index in [4.69, 9.17) is 18.9 Å². The highest BCUT2D eigenvalue weighted by Crippen LogP contribution is 2.40. The molecule has 148 valence electrons. The van der Waals surface area contributed by atoms with E-state index in [0.717, 1.165) is 27.7 Å². The number of benzene rings is 2. The first kappa shape index (κ1) is 18.6. The van der Waals surface area contributed by atoms with Crippen LogP contribution in [0.3, 0.4) is 0 Å². The Bertz CT molecular complexity index is 1130. The van der Waals surface area contributed by atoms with Gasteiger partial charge in [-0.25, -0.2) is 9.67 Å². The van der Waals surface area contributed by atoms with Crippen molar-refractivity contribution in [2.45, 2.75) is 0 Å². The standard InChI is InChI=1S/C22H21N3O4/c1-26-19-10-17(11-20(27-2)22(19)29-4)25-18-9-14(5-6-16(18)13-24-25)15-7-8-21(28-3)23-12-15/h5-13H,1-4H3. The first-order valence-corrected chi connectivity index (χ1v) is 8.97. The Morgan fingerprint density at radius 2 is 1.45 bits per heavy atom. The van der Waals surface area contributed by atoms with E-state index in [1.165, 1.54) is 0 Å². The van der Waals surface area contributed by atoms with Gasteiger partial charge in [0.05, 0.1) is 45.8 Å². The average Bonchev–Trinajstić information content (AvgIpc) is 3.21. The van der Waals surface area contributed by atoms with Crippen LogP contribution >= 0.6 is 0 Å². The Kier molecular flexibility index (Phi) is 4.95. The third kappa shape index (κ3) is 3.31. The Labute approximate surface area is 168 Å². The van der Waals surface area contributed by atoms with Crippen molar-refractivity contribution in [3.05, 3.63) is 54.9 Å². The summed E-state index contributed by atoms with van der Waals surface area (Å²) >= 11 is 0. The van der Waals surface area contributed by atoms with Crippen LogP contribution in [0.2, 0.25) is 0 Å². The van der Waals surface area contributed by atoms with Crippen molar-refractivity contribution >= 4 is 10.9 Å². The molecule has 0 N–H and O–H groups in total. The minimum Gasteiger partial charge on any atom is -0.493 e. The van der Waals surface area contributed by atoms with Gasteiger partial charge in [-0.05, 0) is 17.7 Å². The van der Waals surface area contributed by atoms with E-state index in [9.17, 15) is 0 Å². The molecule has 0 saturated carbocycles. The van der Waals surface area contributed by atoms with Crippen LogP contribution in [0, 0.1) is 0 Å². The molecule has 0 radical (unpaired) electrons. The van der Waals surface area contributed by atoms with E-state index in [1.54, 1.807) is 34.6 Å². The van der Waals surface area contributed by atoms with Crippen molar-refractivity contribution in [1.82, 2.24) is 14.8 Å². The van der Waals surface area contributed by atoms with Crippen molar-refractivity contribution in [2.75, 3.05) is 28.4 Å². The maximum atomic E-state index is 5.48. The molecule has 0 unspecified atom stereocenters. The number of hydrogen-bond donors (Lipinski definition) is 0. The molecule has 7 nitrogen and oxygen atoms in total. The summed E-state index contributed by atoms with van der Waals surface area (Å²) in [5.74, 6) is 2.26. The fourth-order valence-corrected chi connectivity index (χ4v) is 3.27. The minimum atomic E-state index is 0.542. The summed E-state index contributed by atoms with van der Waals surface area (Å²) in [6.45, 7) is 0. The second-order valence-corrected chi connectivity index (χ2v) is 6.30. The zero-order valence-electron chi connectivity index (χ0n) is 16.7. The van der Waals surface area contributed by atoms with Gasteiger partial charge in [0.2, 0.25) is 11.6 Å². The molecule has 4 rings (SSSR count). The first-order valence-electron chi connectivity index (χ1n) is 8.97. The van der Waals surface area contributed by atoms with Crippen LogP contribution in [-0.2, 0) is 0 Å². The highest BCUT2D eigenvalue weighted by Gasteiger charge is 2.16. The molecular weight excluding hydrogens is 370 g/mol. The maximum Gasteiger partial charge on any atom is 0.212 e. The number of aromatic nitrogens is 3. The average molecular weight is 391 g/mol. The summed E-state index contributed by atoms with van der Waals surface area (Å²) in [7, 11) is 6.37.